The maximum absolute atomic E-state index is 5.31. The fourth-order valence-electron chi connectivity index (χ4n) is 9.19. The van der Waals surface area contributed by atoms with Crippen molar-refractivity contribution in [3.63, 3.8) is 0 Å². The van der Waals surface area contributed by atoms with E-state index < -0.39 is 0 Å². The maximum Gasteiger partial charge on any atom is 0.160 e. The molecule has 2 nitrogen and oxygen atoms in total. The zero-order chi connectivity index (χ0) is 39.5. The first kappa shape index (κ1) is 34.8. The van der Waals surface area contributed by atoms with Gasteiger partial charge in [0.1, 0.15) is 0 Å². The van der Waals surface area contributed by atoms with E-state index in [0.29, 0.717) is 5.82 Å². The number of hydrogen-bond acceptors (Lipinski definition) is 2. The Morgan fingerprint density at radius 3 is 1.73 bits per heavy atom. The molecule has 1 aliphatic rings. The Hall–Kier alpha value is -7.42. The lowest BCUT2D eigenvalue weighted by atomic mass is 9.82. The van der Waals surface area contributed by atoms with Gasteiger partial charge >= 0.3 is 0 Å². The van der Waals surface area contributed by atoms with E-state index >= 15 is 0 Å². The minimum atomic E-state index is -0.0133. The SMILES string of the molecule is CC1(C)c2ccccc2-c2cc(-c3cccc(-c4ccc(-c5cc(-c6ccc7ccccc7c6)nc(-c6ccc(-c7ccccc7)cc6)n5)c5ccccc45)c3)ccc21. The van der Waals surface area contributed by atoms with Crippen LogP contribution in [0.5, 0.6) is 0 Å². The molecule has 0 fully saturated rings. The smallest absolute Gasteiger partial charge is 0.160 e. The van der Waals surface area contributed by atoms with Crippen molar-refractivity contribution < 1.29 is 0 Å². The van der Waals surface area contributed by atoms with Crippen molar-refractivity contribution >= 4 is 21.5 Å². The van der Waals surface area contributed by atoms with E-state index in [0.717, 1.165) is 39.0 Å². The van der Waals surface area contributed by atoms with E-state index in [2.05, 4.69) is 214 Å². The van der Waals surface area contributed by atoms with Gasteiger partial charge in [-0.05, 0) is 101 Å². The lowest BCUT2D eigenvalue weighted by molar-refractivity contribution is 0.660. The van der Waals surface area contributed by atoms with Crippen LogP contribution in [0.25, 0.3) is 100.0 Å². The standard InChI is InChI=1S/C57H40N2/c1-57(2)52-22-11-10-21-49(52)51-35-43(29-32-53(51)57)42-17-12-18-44(33-42)46-30-31-50(48-20-9-8-19-47(46)48)55-36-54(45-28-25-38-15-6-7-16-41(38)34-45)58-56(59-55)40-26-23-39(24-27-40)37-13-4-3-5-14-37/h3-36H,1-2H3. The Kier molecular flexibility index (Phi) is 8.20. The van der Waals surface area contributed by atoms with Crippen LogP contribution >= 0.6 is 0 Å². The van der Waals surface area contributed by atoms with E-state index in [9.17, 15) is 0 Å². The van der Waals surface area contributed by atoms with Crippen LogP contribution in [-0.4, -0.2) is 9.97 Å². The van der Waals surface area contributed by atoms with E-state index in [1.807, 2.05) is 6.07 Å². The van der Waals surface area contributed by atoms with Crippen molar-refractivity contribution in [2.45, 2.75) is 19.3 Å². The number of rotatable bonds is 6. The van der Waals surface area contributed by atoms with Gasteiger partial charge in [0.25, 0.3) is 0 Å². The number of benzene rings is 9. The topological polar surface area (TPSA) is 25.8 Å². The van der Waals surface area contributed by atoms with E-state index in [-0.39, 0.29) is 5.41 Å². The first-order chi connectivity index (χ1) is 29.0. The van der Waals surface area contributed by atoms with Crippen LogP contribution in [0.2, 0.25) is 0 Å². The van der Waals surface area contributed by atoms with Crippen molar-refractivity contribution in [1.29, 1.82) is 0 Å². The molecule has 0 atom stereocenters. The summed E-state index contributed by atoms with van der Waals surface area (Å²) < 4.78 is 0. The Bertz CT molecular complexity index is 3230. The summed E-state index contributed by atoms with van der Waals surface area (Å²) in [7, 11) is 0. The van der Waals surface area contributed by atoms with Crippen molar-refractivity contribution in [1.82, 2.24) is 9.97 Å². The Morgan fingerprint density at radius 1 is 0.305 bits per heavy atom. The Labute approximate surface area is 345 Å². The van der Waals surface area contributed by atoms with Crippen molar-refractivity contribution in [2.24, 2.45) is 0 Å². The average molecular weight is 753 g/mol. The van der Waals surface area contributed by atoms with E-state index in [1.54, 1.807) is 0 Å². The summed E-state index contributed by atoms with van der Waals surface area (Å²) in [6, 6.07) is 74.4. The van der Waals surface area contributed by atoms with Gasteiger partial charge in [-0.15, -0.1) is 0 Å². The summed E-state index contributed by atoms with van der Waals surface area (Å²) in [6.07, 6.45) is 0. The highest BCUT2D eigenvalue weighted by molar-refractivity contribution is 6.05. The molecular formula is C57H40N2. The highest BCUT2D eigenvalue weighted by Crippen LogP contribution is 2.49. The zero-order valence-electron chi connectivity index (χ0n) is 33.0. The van der Waals surface area contributed by atoms with Gasteiger partial charge in [0.15, 0.2) is 5.82 Å². The van der Waals surface area contributed by atoms with Gasteiger partial charge in [-0.3, -0.25) is 0 Å². The third-order valence-electron chi connectivity index (χ3n) is 12.3. The molecule has 0 bridgehead atoms. The normalized spacial score (nSPS) is 12.7. The first-order valence-corrected chi connectivity index (χ1v) is 20.4. The van der Waals surface area contributed by atoms with Gasteiger partial charge in [-0.2, -0.15) is 0 Å². The Balaban J connectivity index is 1.02. The van der Waals surface area contributed by atoms with Gasteiger partial charge in [-0.25, -0.2) is 9.97 Å². The second-order valence-electron chi connectivity index (χ2n) is 16.2. The molecule has 9 aromatic carbocycles. The largest absolute Gasteiger partial charge is 0.228 e. The molecule has 278 valence electrons. The second-order valence-corrected chi connectivity index (χ2v) is 16.2. The van der Waals surface area contributed by atoms with Crippen molar-refractivity contribution in [2.75, 3.05) is 0 Å². The van der Waals surface area contributed by atoms with E-state index in [1.165, 1.54) is 66.2 Å². The molecule has 0 unspecified atom stereocenters. The molecule has 1 aliphatic carbocycles. The average Bonchev–Trinajstić information content (AvgIpc) is 3.53. The van der Waals surface area contributed by atoms with Crippen LogP contribution in [0.3, 0.4) is 0 Å². The Morgan fingerprint density at radius 2 is 0.881 bits per heavy atom. The fraction of sp³-hybridized carbons (Fsp3) is 0.0526. The first-order valence-electron chi connectivity index (χ1n) is 20.4. The highest BCUT2D eigenvalue weighted by Gasteiger charge is 2.35. The molecule has 0 saturated carbocycles. The molecule has 0 spiro atoms. The van der Waals surface area contributed by atoms with Crippen LogP contribution in [-0.2, 0) is 5.41 Å². The molecule has 2 heteroatoms. The maximum atomic E-state index is 5.31. The molecule has 0 aliphatic heterocycles. The molecule has 11 rings (SSSR count). The van der Waals surface area contributed by atoms with Crippen LogP contribution in [0, 0.1) is 0 Å². The fourth-order valence-corrected chi connectivity index (χ4v) is 9.19. The number of aromatic nitrogens is 2. The lowest BCUT2D eigenvalue weighted by Crippen LogP contribution is -2.14. The van der Waals surface area contributed by atoms with Gasteiger partial charge in [0.2, 0.25) is 0 Å². The van der Waals surface area contributed by atoms with Gasteiger partial charge < -0.3 is 0 Å². The predicted octanol–water partition coefficient (Wildman–Crippen LogP) is 15.1. The summed E-state index contributed by atoms with van der Waals surface area (Å²) in [5.74, 6) is 0.700. The van der Waals surface area contributed by atoms with Crippen molar-refractivity contribution in [3.05, 3.63) is 217 Å². The number of hydrogen-bond donors (Lipinski definition) is 0. The van der Waals surface area contributed by atoms with Crippen LogP contribution in [0.1, 0.15) is 25.0 Å². The molecule has 0 radical (unpaired) electrons. The summed E-state index contributed by atoms with van der Waals surface area (Å²) in [6.45, 7) is 4.67. The third kappa shape index (κ3) is 6.04. The van der Waals surface area contributed by atoms with Gasteiger partial charge in [0, 0.05) is 22.1 Å². The quantitative estimate of drug-likeness (QED) is 0.169. The number of fused-ring (bicyclic) bond motifs is 5. The molecule has 0 saturated heterocycles. The third-order valence-corrected chi connectivity index (χ3v) is 12.3. The molecule has 0 N–H and O–H groups in total. The molecule has 0 amide bonds. The van der Waals surface area contributed by atoms with E-state index in [4.69, 9.17) is 9.97 Å². The van der Waals surface area contributed by atoms with Crippen LogP contribution in [0.15, 0.2) is 206 Å². The molecular weight excluding hydrogens is 713 g/mol. The molecule has 59 heavy (non-hydrogen) atoms. The summed E-state index contributed by atoms with van der Waals surface area (Å²) in [5, 5.41) is 4.73. The summed E-state index contributed by atoms with van der Waals surface area (Å²) in [4.78, 5) is 10.5. The van der Waals surface area contributed by atoms with Crippen LogP contribution < -0.4 is 0 Å². The minimum absolute atomic E-state index is 0.0133. The highest BCUT2D eigenvalue weighted by atomic mass is 14.9. The predicted molar refractivity (Wildman–Crippen MR) is 247 cm³/mol. The zero-order valence-corrected chi connectivity index (χ0v) is 33.0. The summed E-state index contributed by atoms with van der Waals surface area (Å²) in [5.41, 5.74) is 17.5. The second kappa shape index (κ2) is 13.9. The molecule has 1 aromatic heterocycles. The number of nitrogens with zero attached hydrogens (tertiary/aromatic N) is 2. The van der Waals surface area contributed by atoms with Crippen molar-refractivity contribution in [3.8, 4) is 78.4 Å². The minimum Gasteiger partial charge on any atom is -0.228 e. The lowest BCUT2D eigenvalue weighted by Gasteiger charge is -2.21. The molecule has 10 aromatic rings. The monoisotopic (exact) mass is 752 g/mol. The summed E-state index contributed by atoms with van der Waals surface area (Å²) >= 11 is 0. The molecule has 1 heterocycles. The van der Waals surface area contributed by atoms with Gasteiger partial charge in [-0.1, -0.05) is 196 Å². The van der Waals surface area contributed by atoms with Crippen LogP contribution in [0.4, 0.5) is 0 Å². The van der Waals surface area contributed by atoms with Gasteiger partial charge in [0.05, 0.1) is 11.4 Å².